The first-order chi connectivity index (χ1) is 17.9. The Morgan fingerprint density at radius 3 is 2.73 bits per heavy atom. The number of nitrogens with zero attached hydrogens (tertiary/aromatic N) is 5. The van der Waals surface area contributed by atoms with Gasteiger partial charge >= 0.3 is 0 Å². The largest absolute Gasteiger partial charge is 0.492 e. The molecular formula is C28H33N5O4. The number of amides is 2. The molecule has 37 heavy (non-hydrogen) atoms. The zero-order chi connectivity index (χ0) is 25.8. The van der Waals surface area contributed by atoms with Crippen LogP contribution in [0.5, 0.6) is 5.75 Å². The Morgan fingerprint density at radius 1 is 1.11 bits per heavy atom. The van der Waals surface area contributed by atoms with Gasteiger partial charge in [0.2, 0.25) is 5.91 Å². The van der Waals surface area contributed by atoms with Crippen molar-refractivity contribution in [2.24, 2.45) is 0 Å². The number of ether oxygens (including phenoxy) is 1. The highest BCUT2D eigenvalue weighted by atomic mass is 16.5. The summed E-state index contributed by atoms with van der Waals surface area (Å²) in [5.74, 6) is 0.683. The maximum atomic E-state index is 13.1. The molecule has 2 amide bonds. The van der Waals surface area contributed by atoms with Crippen LogP contribution in [0, 0.1) is 0 Å². The van der Waals surface area contributed by atoms with Crippen molar-refractivity contribution < 1.29 is 19.4 Å². The SMILES string of the molecule is CN(CC1(O)CCCN(c2ccnc3cccnc23)C1)C(=O)c1ccc(OCCN2CCCC2=O)cc1. The monoisotopic (exact) mass is 503 g/mol. The molecule has 1 atom stereocenters. The molecule has 0 spiro atoms. The fourth-order valence-electron chi connectivity index (χ4n) is 5.31. The number of pyridine rings is 2. The summed E-state index contributed by atoms with van der Waals surface area (Å²) >= 11 is 0. The second-order valence-electron chi connectivity index (χ2n) is 9.97. The van der Waals surface area contributed by atoms with Crippen molar-refractivity contribution in [1.29, 1.82) is 0 Å². The third-order valence-electron chi connectivity index (χ3n) is 7.15. The number of likely N-dealkylation sites (tertiary alicyclic amines) is 1. The molecule has 3 aromatic rings. The molecule has 0 bridgehead atoms. The molecule has 4 heterocycles. The zero-order valence-corrected chi connectivity index (χ0v) is 21.2. The average Bonchev–Trinajstić information content (AvgIpc) is 3.32. The topological polar surface area (TPSA) is 99.1 Å². The van der Waals surface area contributed by atoms with Crippen LogP contribution in [-0.4, -0.2) is 88.7 Å². The molecule has 2 aliphatic heterocycles. The molecule has 0 saturated carbocycles. The first-order valence-electron chi connectivity index (χ1n) is 12.9. The van der Waals surface area contributed by atoms with E-state index in [0.717, 1.165) is 42.7 Å². The van der Waals surface area contributed by atoms with Crippen molar-refractivity contribution in [1.82, 2.24) is 19.8 Å². The molecule has 2 fully saturated rings. The van der Waals surface area contributed by atoms with Crippen molar-refractivity contribution in [2.75, 3.05) is 51.3 Å². The summed E-state index contributed by atoms with van der Waals surface area (Å²) < 4.78 is 5.76. The number of fused-ring (bicyclic) bond motifs is 1. The van der Waals surface area contributed by atoms with Gasteiger partial charge in [0, 0.05) is 51.1 Å². The highest BCUT2D eigenvalue weighted by Crippen LogP contribution is 2.30. The predicted molar refractivity (Wildman–Crippen MR) is 141 cm³/mol. The van der Waals surface area contributed by atoms with E-state index in [4.69, 9.17) is 4.74 Å². The molecule has 194 valence electrons. The molecular weight excluding hydrogens is 470 g/mol. The van der Waals surface area contributed by atoms with E-state index >= 15 is 0 Å². The zero-order valence-electron chi connectivity index (χ0n) is 21.2. The second-order valence-corrected chi connectivity index (χ2v) is 9.97. The van der Waals surface area contributed by atoms with Gasteiger partial charge in [-0.05, 0) is 61.7 Å². The van der Waals surface area contributed by atoms with E-state index in [1.165, 1.54) is 0 Å². The van der Waals surface area contributed by atoms with Crippen molar-refractivity contribution in [3.05, 3.63) is 60.4 Å². The summed E-state index contributed by atoms with van der Waals surface area (Å²) in [6.45, 7) is 3.23. The van der Waals surface area contributed by atoms with Crippen LogP contribution in [0.25, 0.3) is 11.0 Å². The first kappa shape index (κ1) is 25.0. The van der Waals surface area contributed by atoms with Gasteiger partial charge in [-0.25, -0.2) is 0 Å². The van der Waals surface area contributed by atoms with Crippen LogP contribution in [0.15, 0.2) is 54.9 Å². The van der Waals surface area contributed by atoms with Gasteiger partial charge < -0.3 is 24.5 Å². The van der Waals surface area contributed by atoms with Crippen molar-refractivity contribution >= 4 is 28.5 Å². The smallest absolute Gasteiger partial charge is 0.253 e. The van der Waals surface area contributed by atoms with E-state index in [-0.39, 0.29) is 18.4 Å². The molecule has 0 radical (unpaired) electrons. The Balaban J connectivity index is 1.18. The summed E-state index contributed by atoms with van der Waals surface area (Å²) in [5, 5.41) is 11.5. The minimum Gasteiger partial charge on any atom is -0.492 e. The third kappa shape index (κ3) is 5.67. The number of aliphatic hydroxyl groups is 1. The minimum absolute atomic E-state index is 0.157. The summed E-state index contributed by atoms with van der Waals surface area (Å²) in [7, 11) is 1.72. The lowest BCUT2D eigenvalue weighted by Gasteiger charge is -2.42. The number of likely N-dealkylation sites (N-methyl/N-ethyl adjacent to an activating group) is 1. The molecule has 0 aliphatic carbocycles. The maximum absolute atomic E-state index is 13.1. The van der Waals surface area contributed by atoms with Gasteiger partial charge in [-0.2, -0.15) is 0 Å². The number of anilines is 1. The molecule has 2 aliphatic rings. The maximum Gasteiger partial charge on any atom is 0.253 e. The van der Waals surface area contributed by atoms with Gasteiger partial charge in [0.15, 0.2) is 0 Å². The molecule has 9 heteroatoms. The number of carbonyl (C=O) groups is 2. The highest BCUT2D eigenvalue weighted by molar-refractivity contribution is 5.94. The number of hydrogen-bond donors (Lipinski definition) is 1. The Kier molecular flexibility index (Phi) is 7.23. The number of piperidine rings is 1. The van der Waals surface area contributed by atoms with E-state index in [1.807, 2.05) is 23.1 Å². The molecule has 1 N–H and O–H groups in total. The Morgan fingerprint density at radius 2 is 1.95 bits per heavy atom. The first-order valence-corrected chi connectivity index (χ1v) is 12.9. The number of carbonyl (C=O) groups excluding carboxylic acids is 2. The van der Waals surface area contributed by atoms with Crippen LogP contribution >= 0.6 is 0 Å². The lowest BCUT2D eigenvalue weighted by Crippen LogP contribution is -2.54. The van der Waals surface area contributed by atoms with E-state index in [9.17, 15) is 14.7 Å². The van der Waals surface area contributed by atoms with Crippen LogP contribution in [-0.2, 0) is 4.79 Å². The predicted octanol–water partition coefficient (Wildman–Crippen LogP) is 2.73. The van der Waals surface area contributed by atoms with Crippen LogP contribution in [0.1, 0.15) is 36.0 Å². The molecule has 2 aromatic heterocycles. The van der Waals surface area contributed by atoms with Gasteiger partial charge in [0.1, 0.15) is 17.9 Å². The van der Waals surface area contributed by atoms with E-state index in [1.54, 1.807) is 48.6 Å². The summed E-state index contributed by atoms with van der Waals surface area (Å²) in [4.78, 5) is 39.3. The molecule has 1 unspecified atom stereocenters. The quantitative estimate of drug-likeness (QED) is 0.505. The minimum atomic E-state index is -1.04. The van der Waals surface area contributed by atoms with Crippen LogP contribution in [0.2, 0.25) is 0 Å². The van der Waals surface area contributed by atoms with E-state index < -0.39 is 5.60 Å². The highest BCUT2D eigenvalue weighted by Gasteiger charge is 2.36. The van der Waals surface area contributed by atoms with E-state index in [2.05, 4.69) is 14.9 Å². The average molecular weight is 504 g/mol. The fourth-order valence-corrected chi connectivity index (χ4v) is 5.31. The Bertz CT molecular complexity index is 1260. The molecule has 1 aromatic carbocycles. The summed E-state index contributed by atoms with van der Waals surface area (Å²) in [6, 6.07) is 12.7. The van der Waals surface area contributed by atoms with Crippen molar-refractivity contribution in [3.8, 4) is 5.75 Å². The van der Waals surface area contributed by atoms with Gasteiger partial charge in [0.05, 0.1) is 29.9 Å². The van der Waals surface area contributed by atoms with Crippen LogP contribution in [0.3, 0.4) is 0 Å². The van der Waals surface area contributed by atoms with Crippen molar-refractivity contribution in [3.63, 3.8) is 0 Å². The Hall–Kier alpha value is -3.72. The fraction of sp³-hybridized carbons (Fsp3) is 0.429. The summed E-state index contributed by atoms with van der Waals surface area (Å²) in [6.07, 6.45) is 6.47. The van der Waals surface area contributed by atoms with Gasteiger partial charge in [0.25, 0.3) is 5.91 Å². The van der Waals surface area contributed by atoms with Crippen molar-refractivity contribution in [2.45, 2.75) is 31.3 Å². The standard InChI is InChI=1S/C28H33N5O4/c1-31(27(35)21-7-9-22(10-8-21)37-18-17-32-15-3-6-25(32)34)19-28(36)12-4-16-33(20-28)24-11-14-29-23-5-2-13-30-26(23)24/h2,5,7-11,13-14,36H,3-4,6,12,15-20H2,1H3. The number of aromatic nitrogens is 2. The lowest BCUT2D eigenvalue weighted by molar-refractivity contribution is -0.128. The van der Waals surface area contributed by atoms with Gasteiger partial charge in [-0.15, -0.1) is 0 Å². The van der Waals surface area contributed by atoms with Gasteiger partial charge in [-0.1, -0.05) is 0 Å². The molecule has 2 saturated heterocycles. The second kappa shape index (κ2) is 10.7. The molecule has 9 nitrogen and oxygen atoms in total. The normalized spacial score (nSPS) is 19.9. The lowest BCUT2D eigenvalue weighted by atomic mass is 9.91. The number of rotatable bonds is 8. The Labute approximate surface area is 216 Å². The number of hydrogen-bond acceptors (Lipinski definition) is 7. The van der Waals surface area contributed by atoms with Crippen LogP contribution in [0.4, 0.5) is 5.69 Å². The van der Waals surface area contributed by atoms with E-state index in [0.29, 0.717) is 43.9 Å². The number of benzene rings is 1. The summed E-state index contributed by atoms with van der Waals surface area (Å²) in [5.41, 5.74) is 2.07. The number of β-amino-alcohol motifs (C(OH)–C–C–N with tert-alkyl or cyclic N) is 1. The van der Waals surface area contributed by atoms with Gasteiger partial charge in [-0.3, -0.25) is 19.6 Å². The van der Waals surface area contributed by atoms with Crippen LogP contribution < -0.4 is 9.64 Å². The third-order valence-corrected chi connectivity index (χ3v) is 7.15. The molecule has 5 rings (SSSR count).